The van der Waals surface area contributed by atoms with Crippen molar-refractivity contribution < 1.29 is 13.2 Å². The number of hydrogen-bond acceptors (Lipinski definition) is 4. The lowest BCUT2D eigenvalue weighted by atomic mass is 9.92. The molecule has 2 aromatic rings. The molecule has 1 aliphatic rings. The second kappa shape index (κ2) is 7.20. The predicted octanol–water partition coefficient (Wildman–Crippen LogP) is 1.72. The number of aromatic nitrogens is 2. The van der Waals surface area contributed by atoms with Crippen molar-refractivity contribution in [1.82, 2.24) is 19.8 Å². The SMILES string of the molecule is CC(C)C1CN(C(=O)c2cc(-c3ccccc3)n[nH]2)CC1NS(C)(=O)=O. The van der Waals surface area contributed by atoms with Crippen molar-refractivity contribution in [3.8, 4) is 11.3 Å². The number of carbonyl (C=O) groups excluding carboxylic acids is 1. The van der Waals surface area contributed by atoms with E-state index < -0.39 is 10.0 Å². The van der Waals surface area contributed by atoms with Crippen molar-refractivity contribution in [2.24, 2.45) is 11.8 Å². The quantitative estimate of drug-likeness (QED) is 0.831. The number of benzene rings is 1. The summed E-state index contributed by atoms with van der Waals surface area (Å²) in [6.45, 7) is 4.95. The molecule has 8 heteroatoms. The van der Waals surface area contributed by atoms with Crippen LogP contribution in [0.15, 0.2) is 36.4 Å². The molecule has 0 aliphatic carbocycles. The van der Waals surface area contributed by atoms with Crippen LogP contribution >= 0.6 is 0 Å². The van der Waals surface area contributed by atoms with Crippen molar-refractivity contribution >= 4 is 15.9 Å². The van der Waals surface area contributed by atoms with Gasteiger partial charge in [-0.15, -0.1) is 0 Å². The van der Waals surface area contributed by atoms with Crippen molar-refractivity contribution in [3.63, 3.8) is 0 Å². The minimum atomic E-state index is -3.33. The van der Waals surface area contributed by atoms with Gasteiger partial charge in [0, 0.05) is 24.7 Å². The molecule has 1 amide bonds. The molecule has 26 heavy (non-hydrogen) atoms. The maximum atomic E-state index is 12.8. The van der Waals surface area contributed by atoms with Crippen LogP contribution in [0.5, 0.6) is 0 Å². The normalized spacial score (nSPS) is 20.7. The minimum Gasteiger partial charge on any atom is -0.335 e. The van der Waals surface area contributed by atoms with Gasteiger partial charge in [0.15, 0.2) is 0 Å². The van der Waals surface area contributed by atoms with Crippen molar-refractivity contribution in [1.29, 1.82) is 0 Å². The lowest BCUT2D eigenvalue weighted by molar-refractivity contribution is 0.0777. The van der Waals surface area contributed by atoms with Gasteiger partial charge in [0.05, 0.1) is 11.9 Å². The monoisotopic (exact) mass is 376 g/mol. The molecule has 0 radical (unpaired) electrons. The van der Waals surface area contributed by atoms with Crippen LogP contribution in [0.1, 0.15) is 24.3 Å². The number of H-pyrrole nitrogens is 1. The molecule has 7 nitrogen and oxygen atoms in total. The summed E-state index contributed by atoms with van der Waals surface area (Å²) >= 11 is 0. The predicted molar refractivity (Wildman–Crippen MR) is 100 cm³/mol. The number of likely N-dealkylation sites (tertiary alicyclic amines) is 1. The molecule has 3 rings (SSSR count). The Hall–Kier alpha value is -2.19. The van der Waals surface area contributed by atoms with Crippen LogP contribution in [-0.2, 0) is 10.0 Å². The van der Waals surface area contributed by atoms with Crippen LogP contribution in [-0.4, -0.2) is 54.8 Å². The smallest absolute Gasteiger partial charge is 0.271 e. The van der Waals surface area contributed by atoms with Gasteiger partial charge in [0.25, 0.3) is 5.91 Å². The first-order valence-corrected chi connectivity index (χ1v) is 10.5. The highest BCUT2D eigenvalue weighted by Gasteiger charge is 2.38. The van der Waals surface area contributed by atoms with Crippen LogP contribution < -0.4 is 4.72 Å². The van der Waals surface area contributed by atoms with E-state index in [2.05, 4.69) is 14.9 Å². The van der Waals surface area contributed by atoms with Gasteiger partial charge in [0.2, 0.25) is 10.0 Å². The zero-order valence-corrected chi connectivity index (χ0v) is 16.0. The number of nitrogens with one attached hydrogen (secondary N) is 2. The summed E-state index contributed by atoms with van der Waals surface area (Å²) in [5.41, 5.74) is 2.05. The van der Waals surface area contributed by atoms with E-state index in [1.807, 2.05) is 44.2 Å². The van der Waals surface area contributed by atoms with E-state index in [0.717, 1.165) is 11.8 Å². The summed E-state index contributed by atoms with van der Waals surface area (Å²) in [7, 11) is -3.33. The Kier molecular flexibility index (Phi) is 5.15. The van der Waals surface area contributed by atoms with E-state index in [1.165, 1.54) is 0 Å². The topological polar surface area (TPSA) is 95.2 Å². The zero-order chi connectivity index (χ0) is 18.9. The molecule has 0 saturated carbocycles. The molecule has 2 unspecified atom stereocenters. The molecule has 1 aromatic heterocycles. The summed E-state index contributed by atoms with van der Waals surface area (Å²) in [6, 6.07) is 11.1. The van der Waals surface area contributed by atoms with E-state index in [-0.39, 0.29) is 23.8 Å². The Morgan fingerprint density at radius 1 is 1.27 bits per heavy atom. The highest BCUT2D eigenvalue weighted by molar-refractivity contribution is 7.88. The van der Waals surface area contributed by atoms with Gasteiger partial charge in [-0.3, -0.25) is 9.89 Å². The third-order valence-corrected chi connectivity index (χ3v) is 5.48. The molecule has 140 valence electrons. The van der Waals surface area contributed by atoms with E-state index in [9.17, 15) is 13.2 Å². The van der Waals surface area contributed by atoms with Gasteiger partial charge in [-0.25, -0.2) is 13.1 Å². The fourth-order valence-electron chi connectivity index (χ4n) is 3.43. The first kappa shape index (κ1) is 18.6. The summed E-state index contributed by atoms with van der Waals surface area (Å²) in [4.78, 5) is 14.5. The van der Waals surface area contributed by atoms with Crippen LogP contribution in [0.2, 0.25) is 0 Å². The highest BCUT2D eigenvalue weighted by Crippen LogP contribution is 2.26. The molecule has 2 N–H and O–H groups in total. The summed E-state index contributed by atoms with van der Waals surface area (Å²) in [5, 5.41) is 7.04. The molecule has 0 bridgehead atoms. The zero-order valence-electron chi connectivity index (χ0n) is 15.1. The van der Waals surface area contributed by atoms with Crippen LogP contribution in [0, 0.1) is 11.8 Å². The number of nitrogens with zero attached hydrogens (tertiary/aromatic N) is 2. The second-order valence-corrected chi connectivity index (χ2v) is 8.93. The maximum absolute atomic E-state index is 12.8. The lowest BCUT2D eigenvalue weighted by Crippen LogP contribution is -2.41. The van der Waals surface area contributed by atoms with Gasteiger partial charge < -0.3 is 4.90 Å². The Labute approximate surface area is 153 Å². The van der Waals surface area contributed by atoms with E-state index in [0.29, 0.717) is 24.5 Å². The third-order valence-electron chi connectivity index (χ3n) is 4.75. The van der Waals surface area contributed by atoms with Gasteiger partial charge in [0.1, 0.15) is 5.69 Å². The van der Waals surface area contributed by atoms with E-state index in [4.69, 9.17) is 0 Å². The van der Waals surface area contributed by atoms with Crippen molar-refractivity contribution in [2.75, 3.05) is 19.3 Å². The molecule has 1 aliphatic heterocycles. The van der Waals surface area contributed by atoms with Crippen molar-refractivity contribution in [3.05, 3.63) is 42.1 Å². The van der Waals surface area contributed by atoms with E-state index in [1.54, 1.807) is 11.0 Å². The Morgan fingerprint density at radius 3 is 2.58 bits per heavy atom. The minimum absolute atomic E-state index is 0.0743. The van der Waals surface area contributed by atoms with Crippen LogP contribution in [0.3, 0.4) is 0 Å². The Balaban J connectivity index is 1.77. The van der Waals surface area contributed by atoms with E-state index >= 15 is 0 Å². The first-order chi connectivity index (χ1) is 12.2. The number of amides is 1. The van der Waals surface area contributed by atoms with Crippen molar-refractivity contribution in [2.45, 2.75) is 19.9 Å². The Bertz CT molecular complexity index is 877. The molecular formula is C18H24N4O3S. The average Bonchev–Trinajstić information content (AvgIpc) is 3.21. The van der Waals surface area contributed by atoms with Gasteiger partial charge in [-0.05, 0) is 17.9 Å². The number of hydrogen-bond donors (Lipinski definition) is 2. The fourth-order valence-corrected chi connectivity index (χ4v) is 4.23. The fraction of sp³-hybridized carbons (Fsp3) is 0.444. The first-order valence-electron chi connectivity index (χ1n) is 8.62. The molecule has 1 aromatic carbocycles. The number of carbonyl (C=O) groups is 1. The number of rotatable bonds is 5. The van der Waals surface area contributed by atoms with Gasteiger partial charge in [-0.1, -0.05) is 44.2 Å². The highest BCUT2D eigenvalue weighted by atomic mass is 32.2. The third kappa shape index (κ3) is 4.13. The summed E-state index contributed by atoms with van der Waals surface area (Å²) < 4.78 is 25.9. The molecular weight excluding hydrogens is 352 g/mol. The summed E-state index contributed by atoms with van der Waals surface area (Å²) in [6.07, 6.45) is 1.15. The molecule has 1 saturated heterocycles. The van der Waals surface area contributed by atoms with Crippen LogP contribution in [0.25, 0.3) is 11.3 Å². The molecule has 1 fully saturated rings. The second-order valence-electron chi connectivity index (χ2n) is 7.15. The van der Waals surface area contributed by atoms with Gasteiger partial charge >= 0.3 is 0 Å². The number of aromatic amines is 1. The standard InChI is InChI=1S/C18H24N4O3S/c1-12(2)14-10-22(11-17(14)21-26(3,24)25)18(23)16-9-15(19-20-16)13-7-5-4-6-8-13/h4-9,12,14,17,21H,10-11H2,1-3H3,(H,19,20). The Morgan fingerprint density at radius 2 is 1.96 bits per heavy atom. The number of sulfonamides is 1. The molecule has 0 spiro atoms. The van der Waals surface area contributed by atoms with Gasteiger partial charge in [-0.2, -0.15) is 5.10 Å². The lowest BCUT2D eigenvalue weighted by Gasteiger charge is -2.21. The maximum Gasteiger partial charge on any atom is 0.271 e. The van der Waals surface area contributed by atoms with Crippen LogP contribution in [0.4, 0.5) is 0 Å². The molecule has 2 atom stereocenters. The average molecular weight is 376 g/mol. The largest absolute Gasteiger partial charge is 0.335 e. The summed E-state index contributed by atoms with van der Waals surface area (Å²) in [5.74, 6) is 0.169. The molecule has 2 heterocycles.